The molecule has 2 aromatic rings. The molecule has 2 heterocycles. The van der Waals surface area contributed by atoms with Crippen LogP contribution in [0.1, 0.15) is 0 Å². The Kier molecular flexibility index (Phi) is 1.63. The highest BCUT2D eigenvalue weighted by atomic mass is 32.2. The number of imidazole rings is 1. The predicted molar refractivity (Wildman–Crippen MR) is 40.2 cm³/mol. The van der Waals surface area contributed by atoms with Crippen molar-refractivity contribution in [2.24, 2.45) is 0 Å². The molecule has 0 aliphatic carbocycles. The van der Waals surface area contributed by atoms with Crippen LogP contribution in [0.3, 0.4) is 0 Å². The summed E-state index contributed by atoms with van der Waals surface area (Å²) in [5, 5.41) is 0.00806. The van der Waals surface area contributed by atoms with Gasteiger partial charge in [-0.15, -0.1) is 0 Å². The molecule has 0 aromatic carbocycles. The molecule has 1 atom stereocenters. The number of rotatable bonds is 1. The van der Waals surface area contributed by atoms with Gasteiger partial charge in [0.15, 0.2) is 0 Å². The Hall–Kier alpha value is -1.27. The molecule has 5 nitrogen and oxygen atoms in total. The van der Waals surface area contributed by atoms with Crippen LogP contribution in [0, 0.1) is 0 Å². The van der Waals surface area contributed by atoms with Crippen molar-refractivity contribution in [2.75, 3.05) is 0 Å². The van der Waals surface area contributed by atoms with Crippen molar-refractivity contribution in [3.05, 3.63) is 24.7 Å². The van der Waals surface area contributed by atoms with Gasteiger partial charge in [-0.25, -0.2) is 9.97 Å². The molecule has 62 valence electrons. The van der Waals surface area contributed by atoms with Crippen molar-refractivity contribution in [1.82, 2.24) is 14.4 Å². The molecule has 0 saturated carbocycles. The number of hydrogen-bond acceptors (Lipinski definition) is 4. The Balaban J connectivity index is 2.70. The number of fused-ring (bicyclic) bond motifs is 1. The van der Waals surface area contributed by atoms with Gasteiger partial charge in [0.05, 0.1) is 0 Å². The molecular weight excluding hydrogens is 178 g/mol. The lowest BCUT2D eigenvalue weighted by Crippen LogP contribution is -1.87. The number of hydrogen-bond donors (Lipinski definition) is 0. The zero-order chi connectivity index (χ0) is 8.55. The van der Waals surface area contributed by atoms with Crippen LogP contribution < -0.4 is 0 Å². The molecule has 0 spiro atoms. The lowest BCUT2D eigenvalue weighted by molar-refractivity contribution is 0.534. The third-order valence-corrected chi connectivity index (χ3v) is 1.92. The Morgan fingerprint density at radius 3 is 3.08 bits per heavy atom. The van der Waals surface area contributed by atoms with Crippen LogP contribution in [-0.4, -0.2) is 23.1 Å². The summed E-state index contributed by atoms with van der Waals surface area (Å²) in [7, 11) is 0. The smallest absolute Gasteiger partial charge is 0.234 e. The average molecular weight is 182 g/mol. The van der Waals surface area contributed by atoms with Gasteiger partial charge in [-0.1, -0.05) is 0 Å². The van der Waals surface area contributed by atoms with Gasteiger partial charge < -0.3 is 4.55 Å². The van der Waals surface area contributed by atoms with Crippen molar-refractivity contribution in [2.45, 2.75) is 5.03 Å². The summed E-state index contributed by atoms with van der Waals surface area (Å²) in [6.07, 6.45) is 4.65. The van der Waals surface area contributed by atoms with Crippen LogP contribution in [0.2, 0.25) is 0 Å². The van der Waals surface area contributed by atoms with Gasteiger partial charge in [0.1, 0.15) is 5.03 Å². The molecule has 0 amide bonds. The largest absolute Gasteiger partial charge is 0.767 e. The predicted octanol–water partition coefficient (Wildman–Crippen LogP) is -0.0327. The van der Waals surface area contributed by atoms with Crippen LogP contribution >= 0.6 is 0 Å². The van der Waals surface area contributed by atoms with E-state index in [1.165, 1.54) is 6.20 Å². The average Bonchev–Trinajstić information content (AvgIpc) is 2.46. The van der Waals surface area contributed by atoms with Crippen LogP contribution in [0.15, 0.2) is 29.7 Å². The van der Waals surface area contributed by atoms with Crippen molar-refractivity contribution >= 4 is 16.9 Å². The van der Waals surface area contributed by atoms with Gasteiger partial charge in [0, 0.05) is 18.6 Å². The minimum atomic E-state index is -2.28. The maximum Gasteiger partial charge on any atom is 0.234 e. The molecule has 0 radical (unpaired) electrons. The number of nitrogens with zero attached hydrogens (tertiary/aromatic N) is 3. The van der Waals surface area contributed by atoms with Crippen LogP contribution in [0.25, 0.3) is 5.78 Å². The second kappa shape index (κ2) is 2.65. The van der Waals surface area contributed by atoms with E-state index in [2.05, 4.69) is 9.97 Å². The second-order valence-electron chi connectivity index (χ2n) is 2.14. The van der Waals surface area contributed by atoms with Gasteiger partial charge in [-0.3, -0.25) is 8.61 Å². The highest BCUT2D eigenvalue weighted by Gasteiger charge is 2.00. The fraction of sp³-hybridized carbons (Fsp3) is 0. The summed E-state index contributed by atoms with van der Waals surface area (Å²) in [5.74, 6) is 0.386. The lowest BCUT2D eigenvalue weighted by Gasteiger charge is -1.95. The zero-order valence-corrected chi connectivity index (χ0v) is 6.69. The summed E-state index contributed by atoms with van der Waals surface area (Å²) in [5.41, 5.74) is 0. The minimum absolute atomic E-state index is 0.00806. The van der Waals surface area contributed by atoms with Crippen LogP contribution in [0.4, 0.5) is 0 Å². The number of aromatic nitrogens is 3. The van der Waals surface area contributed by atoms with Crippen molar-refractivity contribution in [3.8, 4) is 0 Å². The monoisotopic (exact) mass is 182 g/mol. The second-order valence-corrected chi connectivity index (χ2v) is 3.03. The summed E-state index contributed by atoms with van der Waals surface area (Å²) < 4.78 is 22.5. The van der Waals surface area contributed by atoms with E-state index in [1.807, 2.05) is 0 Å². The van der Waals surface area contributed by atoms with Gasteiger partial charge in [-0.05, 0) is 17.1 Å². The van der Waals surface area contributed by atoms with E-state index >= 15 is 0 Å². The highest BCUT2D eigenvalue weighted by molar-refractivity contribution is 7.79. The van der Waals surface area contributed by atoms with Gasteiger partial charge in [-0.2, -0.15) is 0 Å². The molecule has 12 heavy (non-hydrogen) atoms. The maximum absolute atomic E-state index is 10.5. The minimum Gasteiger partial charge on any atom is -0.767 e. The Labute approximate surface area is 70.4 Å². The topological polar surface area (TPSA) is 70.3 Å². The van der Waals surface area contributed by atoms with E-state index in [0.717, 1.165) is 0 Å². The van der Waals surface area contributed by atoms with E-state index in [-0.39, 0.29) is 5.03 Å². The third kappa shape index (κ3) is 1.10. The summed E-state index contributed by atoms with van der Waals surface area (Å²) >= 11 is -2.28. The van der Waals surface area contributed by atoms with E-state index in [0.29, 0.717) is 5.78 Å². The first-order valence-electron chi connectivity index (χ1n) is 3.16. The maximum atomic E-state index is 10.5. The molecule has 0 saturated heterocycles. The molecule has 0 aliphatic rings. The van der Waals surface area contributed by atoms with E-state index in [4.69, 9.17) is 0 Å². The van der Waals surface area contributed by atoms with Crippen molar-refractivity contribution < 1.29 is 8.76 Å². The van der Waals surface area contributed by atoms with E-state index in [9.17, 15) is 8.76 Å². The molecule has 2 rings (SSSR count). The normalized spacial score (nSPS) is 13.4. The lowest BCUT2D eigenvalue weighted by atomic mass is 10.7. The molecule has 6 heteroatoms. The molecular formula is C6H4N3O2S-. The quantitative estimate of drug-likeness (QED) is 0.580. The SMILES string of the molecule is O=S([O-])c1cn2cccnc2n1. The first-order valence-corrected chi connectivity index (χ1v) is 4.24. The van der Waals surface area contributed by atoms with Crippen molar-refractivity contribution in [1.29, 1.82) is 0 Å². The van der Waals surface area contributed by atoms with Gasteiger partial charge >= 0.3 is 0 Å². The van der Waals surface area contributed by atoms with Gasteiger partial charge in [0.25, 0.3) is 0 Å². The molecule has 1 unspecified atom stereocenters. The van der Waals surface area contributed by atoms with Crippen LogP contribution in [0.5, 0.6) is 0 Å². The highest BCUT2D eigenvalue weighted by Crippen LogP contribution is 2.03. The molecule has 0 bridgehead atoms. The first kappa shape index (κ1) is 7.38. The summed E-state index contributed by atoms with van der Waals surface area (Å²) in [4.78, 5) is 7.61. The summed E-state index contributed by atoms with van der Waals surface area (Å²) in [6.45, 7) is 0. The van der Waals surface area contributed by atoms with Crippen LogP contribution in [-0.2, 0) is 11.1 Å². The van der Waals surface area contributed by atoms with Crippen molar-refractivity contribution in [3.63, 3.8) is 0 Å². The Morgan fingerprint density at radius 1 is 1.58 bits per heavy atom. The molecule has 0 N–H and O–H groups in total. The standard InChI is InChI=1S/C6H5N3O2S/c10-12(11)5-4-9-3-1-2-7-6(9)8-5/h1-4H,(H,10,11)/p-1. The Bertz CT molecular complexity index is 406. The summed E-state index contributed by atoms with van der Waals surface area (Å²) in [6, 6.07) is 1.70. The fourth-order valence-corrected chi connectivity index (χ4v) is 1.24. The third-order valence-electron chi connectivity index (χ3n) is 1.38. The molecule has 0 fully saturated rings. The van der Waals surface area contributed by atoms with Gasteiger partial charge in [0.2, 0.25) is 5.78 Å². The fourth-order valence-electron chi connectivity index (χ4n) is 0.888. The molecule has 0 aliphatic heterocycles. The van der Waals surface area contributed by atoms with E-state index in [1.54, 1.807) is 22.9 Å². The van der Waals surface area contributed by atoms with E-state index < -0.39 is 11.1 Å². The molecule has 2 aromatic heterocycles. The zero-order valence-electron chi connectivity index (χ0n) is 5.88. The Morgan fingerprint density at radius 2 is 2.42 bits per heavy atom. The first-order chi connectivity index (χ1) is 5.77.